The minimum Gasteiger partial charge on any atom is -0.497 e. The van der Waals surface area contributed by atoms with Gasteiger partial charge in [0.15, 0.2) is 11.5 Å². The van der Waals surface area contributed by atoms with Crippen LogP contribution in [0, 0.1) is 0 Å². The van der Waals surface area contributed by atoms with Crippen molar-refractivity contribution < 1.29 is 19.0 Å². The van der Waals surface area contributed by atoms with Crippen LogP contribution in [0.5, 0.6) is 17.2 Å². The fourth-order valence-electron chi connectivity index (χ4n) is 2.64. The van der Waals surface area contributed by atoms with E-state index in [1.54, 1.807) is 38.5 Å². The van der Waals surface area contributed by atoms with Crippen molar-refractivity contribution in [2.75, 3.05) is 19.5 Å². The summed E-state index contributed by atoms with van der Waals surface area (Å²) < 4.78 is 17.2. The fraction of sp³-hybridized carbons (Fsp3) is 0.136. The number of ether oxygens (including phenoxy) is 3. The van der Waals surface area contributed by atoms with Crippen LogP contribution in [-0.4, -0.2) is 20.1 Å². The Kier molecular flexibility index (Phi) is 6.55. The highest BCUT2D eigenvalue weighted by atomic mass is 79.9. The van der Waals surface area contributed by atoms with Crippen LogP contribution in [0.1, 0.15) is 15.9 Å². The number of hydrogen-bond donors (Lipinski definition) is 1. The minimum atomic E-state index is -0.263. The zero-order valence-electron chi connectivity index (χ0n) is 15.6. The Morgan fingerprint density at radius 2 is 1.75 bits per heavy atom. The van der Waals surface area contributed by atoms with E-state index in [2.05, 4.69) is 21.2 Å². The number of carbonyl (C=O) groups is 1. The third-order valence-corrected chi connectivity index (χ3v) is 4.63. The lowest BCUT2D eigenvalue weighted by Gasteiger charge is -2.14. The van der Waals surface area contributed by atoms with E-state index in [1.165, 1.54) is 0 Å². The molecule has 0 bridgehead atoms. The topological polar surface area (TPSA) is 56.8 Å². The molecule has 144 valence electrons. The van der Waals surface area contributed by atoms with Gasteiger partial charge >= 0.3 is 0 Å². The zero-order valence-corrected chi connectivity index (χ0v) is 17.2. The van der Waals surface area contributed by atoms with E-state index in [4.69, 9.17) is 14.2 Å². The van der Waals surface area contributed by atoms with Gasteiger partial charge in [0.25, 0.3) is 5.91 Å². The Labute approximate surface area is 172 Å². The van der Waals surface area contributed by atoms with Crippen LogP contribution in [0.25, 0.3) is 0 Å². The van der Waals surface area contributed by atoms with Crippen LogP contribution in [0.4, 0.5) is 5.69 Å². The highest BCUT2D eigenvalue weighted by Crippen LogP contribution is 2.37. The van der Waals surface area contributed by atoms with Gasteiger partial charge in [-0.25, -0.2) is 0 Å². The zero-order chi connectivity index (χ0) is 19.9. The smallest absolute Gasteiger partial charge is 0.255 e. The Morgan fingerprint density at radius 1 is 0.964 bits per heavy atom. The summed E-state index contributed by atoms with van der Waals surface area (Å²) in [6.07, 6.45) is 0. The van der Waals surface area contributed by atoms with Gasteiger partial charge in [0.1, 0.15) is 12.4 Å². The average Bonchev–Trinajstić information content (AvgIpc) is 2.72. The molecule has 3 aromatic rings. The molecule has 3 rings (SSSR count). The van der Waals surface area contributed by atoms with Crippen molar-refractivity contribution in [3.05, 3.63) is 82.3 Å². The Balaban J connectivity index is 1.82. The Bertz CT molecular complexity index is 960. The predicted octanol–water partition coefficient (Wildman–Crippen LogP) is 5.30. The number of benzene rings is 3. The van der Waals surface area contributed by atoms with E-state index in [0.717, 1.165) is 5.56 Å². The van der Waals surface area contributed by atoms with Crippen molar-refractivity contribution in [3.63, 3.8) is 0 Å². The van der Waals surface area contributed by atoms with Gasteiger partial charge in [-0.3, -0.25) is 4.79 Å². The predicted molar refractivity (Wildman–Crippen MR) is 112 cm³/mol. The molecule has 0 spiro atoms. The quantitative estimate of drug-likeness (QED) is 0.540. The largest absolute Gasteiger partial charge is 0.497 e. The lowest BCUT2D eigenvalue weighted by Crippen LogP contribution is -2.12. The second-order valence-corrected chi connectivity index (χ2v) is 6.80. The van der Waals surface area contributed by atoms with Crippen LogP contribution in [-0.2, 0) is 6.61 Å². The molecule has 1 amide bonds. The number of methoxy groups -OCH3 is 2. The number of hydrogen-bond acceptors (Lipinski definition) is 4. The number of carbonyl (C=O) groups excluding carboxylic acids is 1. The van der Waals surface area contributed by atoms with Gasteiger partial charge in [0.05, 0.1) is 18.7 Å². The molecule has 0 aliphatic rings. The maximum atomic E-state index is 12.7. The fourth-order valence-corrected chi connectivity index (χ4v) is 3.25. The summed E-state index contributed by atoms with van der Waals surface area (Å²) in [6, 6.07) is 20.3. The van der Waals surface area contributed by atoms with Crippen molar-refractivity contribution in [2.45, 2.75) is 6.61 Å². The van der Waals surface area contributed by atoms with Crippen molar-refractivity contribution >= 4 is 27.5 Å². The van der Waals surface area contributed by atoms with Crippen molar-refractivity contribution in [1.29, 1.82) is 0 Å². The first-order chi connectivity index (χ1) is 13.6. The minimum absolute atomic E-state index is 0.263. The van der Waals surface area contributed by atoms with Crippen molar-refractivity contribution in [2.24, 2.45) is 0 Å². The van der Waals surface area contributed by atoms with Gasteiger partial charge in [-0.15, -0.1) is 0 Å². The number of nitrogens with one attached hydrogen (secondary N) is 1. The number of amides is 1. The molecule has 0 radical (unpaired) electrons. The van der Waals surface area contributed by atoms with Gasteiger partial charge in [-0.05, 0) is 45.8 Å². The first-order valence-electron chi connectivity index (χ1n) is 8.60. The van der Waals surface area contributed by atoms with E-state index < -0.39 is 0 Å². The van der Waals surface area contributed by atoms with Crippen molar-refractivity contribution in [3.8, 4) is 17.2 Å². The molecule has 3 aromatic carbocycles. The van der Waals surface area contributed by atoms with Crippen LogP contribution >= 0.6 is 15.9 Å². The molecule has 0 aromatic heterocycles. The summed E-state index contributed by atoms with van der Waals surface area (Å²) in [4.78, 5) is 12.7. The summed E-state index contributed by atoms with van der Waals surface area (Å²) >= 11 is 3.46. The molecule has 5 nitrogen and oxygen atoms in total. The summed E-state index contributed by atoms with van der Waals surface area (Å²) in [7, 11) is 3.14. The molecule has 28 heavy (non-hydrogen) atoms. The van der Waals surface area contributed by atoms with E-state index >= 15 is 0 Å². The van der Waals surface area contributed by atoms with Gasteiger partial charge in [0, 0.05) is 17.3 Å². The molecule has 0 fully saturated rings. The molecule has 0 atom stereocenters. The molecule has 0 heterocycles. The van der Waals surface area contributed by atoms with E-state index in [0.29, 0.717) is 39.6 Å². The van der Waals surface area contributed by atoms with E-state index in [9.17, 15) is 4.79 Å². The van der Waals surface area contributed by atoms with Crippen LogP contribution in [0.3, 0.4) is 0 Å². The number of halogens is 1. The molecule has 1 N–H and O–H groups in total. The molecule has 0 saturated carbocycles. The molecular formula is C22H20BrNO4. The van der Waals surface area contributed by atoms with Crippen LogP contribution < -0.4 is 19.5 Å². The lowest BCUT2D eigenvalue weighted by molar-refractivity contribution is 0.102. The second-order valence-electron chi connectivity index (χ2n) is 5.95. The van der Waals surface area contributed by atoms with E-state index in [1.807, 2.05) is 42.5 Å². The first kappa shape index (κ1) is 19.8. The van der Waals surface area contributed by atoms with Gasteiger partial charge < -0.3 is 19.5 Å². The maximum absolute atomic E-state index is 12.7. The molecule has 0 aliphatic heterocycles. The Hall–Kier alpha value is -2.99. The summed E-state index contributed by atoms with van der Waals surface area (Å²) in [6.45, 7) is 0.366. The summed E-state index contributed by atoms with van der Waals surface area (Å²) in [5, 5.41) is 2.86. The highest BCUT2D eigenvalue weighted by Gasteiger charge is 2.16. The van der Waals surface area contributed by atoms with Crippen LogP contribution in [0.2, 0.25) is 0 Å². The average molecular weight is 442 g/mol. The SMILES string of the molecule is COc1cccc(NC(=O)c2cc(Br)c(OC)c(OCc3ccccc3)c2)c1. The van der Waals surface area contributed by atoms with Gasteiger partial charge in [-0.1, -0.05) is 36.4 Å². The monoisotopic (exact) mass is 441 g/mol. The highest BCUT2D eigenvalue weighted by molar-refractivity contribution is 9.10. The molecule has 0 aliphatic carbocycles. The lowest BCUT2D eigenvalue weighted by atomic mass is 10.1. The third kappa shape index (κ3) is 4.84. The second kappa shape index (κ2) is 9.28. The summed E-state index contributed by atoms with van der Waals surface area (Å²) in [5.74, 6) is 1.42. The molecule has 0 saturated heterocycles. The van der Waals surface area contributed by atoms with Crippen LogP contribution in [0.15, 0.2) is 71.2 Å². The number of anilines is 1. The Morgan fingerprint density at radius 3 is 2.46 bits per heavy atom. The normalized spacial score (nSPS) is 10.2. The van der Waals surface area contributed by atoms with Gasteiger partial charge in [-0.2, -0.15) is 0 Å². The van der Waals surface area contributed by atoms with E-state index in [-0.39, 0.29) is 5.91 Å². The third-order valence-electron chi connectivity index (χ3n) is 4.04. The molecule has 0 unspecified atom stereocenters. The summed E-state index contributed by atoms with van der Waals surface area (Å²) in [5.41, 5.74) is 2.11. The molecule has 6 heteroatoms. The molecular weight excluding hydrogens is 422 g/mol. The van der Waals surface area contributed by atoms with Gasteiger partial charge in [0.2, 0.25) is 0 Å². The first-order valence-corrected chi connectivity index (χ1v) is 9.39. The number of rotatable bonds is 7. The maximum Gasteiger partial charge on any atom is 0.255 e. The standard InChI is InChI=1S/C22H20BrNO4/c1-26-18-10-6-9-17(13-18)24-22(25)16-11-19(23)21(27-2)20(12-16)28-14-15-7-4-3-5-8-15/h3-13H,14H2,1-2H3,(H,24,25). The van der Waals surface area contributed by atoms with Crippen molar-refractivity contribution in [1.82, 2.24) is 0 Å².